The van der Waals surface area contributed by atoms with Crippen LogP contribution in [0.2, 0.25) is 0 Å². The van der Waals surface area contributed by atoms with E-state index in [1.165, 1.54) is 11.1 Å². The molecule has 2 aromatic heterocycles. The first-order chi connectivity index (χ1) is 8.65. The molecule has 18 heavy (non-hydrogen) atoms. The molecule has 0 radical (unpaired) electrons. The van der Waals surface area contributed by atoms with Crippen LogP contribution in [0.25, 0.3) is 0 Å². The largest absolute Gasteiger partial charge is 0.478 e. The van der Waals surface area contributed by atoms with Crippen LogP contribution in [0.5, 0.6) is 0 Å². The van der Waals surface area contributed by atoms with Crippen LogP contribution in [0.4, 0.5) is 0 Å². The van der Waals surface area contributed by atoms with E-state index < -0.39 is 5.97 Å². The highest BCUT2D eigenvalue weighted by atomic mass is 79.9. The summed E-state index contributed by atoms with van der Waals surface area (Å²) in [5.41, 5.74) is 1.04. The molecular formula is C12H11BrN2O2S. The molecule has 0 amide bonds. The van der Waals surface area contributed by atoms with Gasteiger partial charge in [-0.25, -0.2) is 4.79 Å². The molecule has 0 unspecified atom stereocenters. The number of nitrogens with zero attached hydrogens (tertiary/aromatic N) is 1. The van der Waals surface area contributed by atoms with Gasteiger partial charge in [-0.05, 0) is 34.1 Å². The van der Waals surface area contributed by atoms with Crippen molar-refractivity contribution in [2.45, 2.75) is 13.1 Å². The van der Waals surface area contributed by atoms with E-state index in [2.05, 4.69) is 32.3 Å². The zero-order valence-electron chi connectivity index (χ0n) is 9.39. The highest BCUT2D eigenvalue weighted by Gasteiger charge is 2.03. The number of carboxylic acids is 1. The van der Waals surface area contributed by atoms with Gasteiger partial charge in [0.15, 0.2) is 0 Å². The molecular weight excluding hydrogens is 316 g/mol. The minimum atomic E-state index is -0.953. The molecule has 0 aliphatic rings. The Labute approximate surface area is 117 Å². The number of pyridine rings is 1. The second-order valence-corrected chi connectivity index (χ2v) is 5.59. The van der Waals surface area contributed by atoms with E-state index in [4.69, 9.17) is 5.11 Å². The minimum Gasteiger partial charge on any atom is -0.478 e. The van der Waals surface area contributed by atoms with E-state index in [1.54, 1.807) is 23.5 Å². The van der Waals surface area contributed by atoms with Gasteiger partial charge in [0.05, 0.1) is 11.3 Å². The van der Waals surface area contributed by atoms with Gasteiger partial charge in [0.25, 0.3) is 0 Å². The highest BCUT2D eigenvalue weighted by molar-refractivity contribution is 9.10. The van der Waals surface area contributed by atoms with Crippen molar-refractivity contribution in [2.24, 2.45) is 0 Å². The molecule has 4 nitrogen and oxygen atoms in total. The number of hydrogen-bond acceptors (Lipinski definition) is 4. The SMILES string of the molecule is O=C(O)c1ccc(CNCc2cc(Br)cs2)nc1. The Morgan fingerprint density at radius 3 is 2.83 bits per heavy atom. The Balaban J connectivity index is 1.85. The Morgan fingerprint density at radius 2 is 2.28 bits per heavy atom. The number of thiophene rings is 1. The minimum absolute atomic E-state index is 0.209. The quantitative estimate of drug-likeness (QED) is 0.886. The Hall–Kier alpha value is -1.24. The highest BCUT2D eigenvalue weighted by Crippen LogP contribution is 2.19. The molecule has 0 saturated carbocycles. The summed E-state index contributed by atoms with van der Waals surface area (Å²) in [6.45, 7) is 1.40. The summed E-state index contributed by atoms with van der Waals surface area (Å²) in [6.07, 6.45) is 1.38. The Morgan fingerprint density at radius 1 is 1.44 bits per heavy atom. The molecule has 0 spiro atoms. The molecule has 6 heteroatoms. The van der Waals surface area contributed by atoms with Crippen LogP contribution >= 0.6 is 27.3 Å². The third-order valence-corrected chi connectivity index (χ3v) is 4.00. The van der Waals surface area contributed by atoms with Crippen LogP contribution in [0.15, 0.2) is 34.2 Å². The van der Waals surface area contributed by atoms with Crippen molar-refractivity contribution in [1.29, 1.82) is 0 Å². The van der Waals surface area contributed by atoms with E-state index in [0.29, 0.717) is 6.54 Å². The van der Waals surface area contributed by atoms with E-state index in [9.17, 15) is 4.79 Å². The fourth-order valence-electron chi connectivity index (χ4n) is 1.42. The summed E-state index contributed by atoms with van der Waals surface area (Å²) < 4.78 is 1.09. The number of carboxylic acid groups (broad SMARTS) is 1. The molecule has 0 aromatic carbocycles. The molecule has 2 rings (SSSR count). The maximum atomic E-state index is 10.7. The number of carbonyl (C=O) groups is 1. The lowest BCUT2D eigenvalue weighted by molar-refractivity contribution is 0.0696. The number of rotatable bonds is 5. The molecule has 2 N–H and O–H groups in total. The number of halogens is 1. The van der Waals surface area contributed by atoms with Gasteiger partial charge >= 0.3 is 5.97 Å². The van der Waals surface area contributed by atoms with Crippen molar-refractivity contribution in [3.63, 3.8) is 0 Å². The summed E-state index contributed by atoms with van der Waals surface area (Å²) >= 11 is 5.09. The van der Waals surface area contributed by atoms with Gasteiger partial charge < -0.3 is 10.4 Å². The lowest BCUT2D eigenvalue weighted by Crippen LogP contribution is -2.13. The van der Waals surface area contributed by atoms with Crippen molar-refractivity contribution >= 4 is 33.2 Å². The summed E-state index contributed by atoms with van der Waals surface area (Å²) in [6, 6.07) is 5.35. The molecule has 2 heterocycles. The van der Waals surface area contributed by atoms with Crippen LogP contribution in [0.1, 0.15) is 20.9 Å². The van der Waals surface area contributed by atoms with Crippen LogP contribution in [0.3, 0.4) is 0 Å². The standard InChI is InChI=1S/C12H11BrN2O2S/c13-9-3-11(18-7-9)6-14-5-10-2-1-8(4-15-10)12(16)17/h1-4,7,14H,5-6H2,(H,16,17). The summed E-state index contributed by atoms with van der Waals surface area (Å²) in [5.74, 6) is -0.953. The molecule has 2 aromatic rings. The van der Waals surface area contributed by atoms with Crippen LogP contribution in [-0.2, 0) is 13.1 Å². The molecule has 0 aliphatic carbocycles. The lowest BCUT2D eigenvalue weighted by atomic mass is 10.2. The van der Waals surface area contributed by atoms with Gasteiger partial charge in [-0.15, -0.1) is 11.3 Å². The molecule has 0 atom stereocenters. The first-order valence-corrected chi connectivity index (χ1v) is 6.94. The average Bonchev–Trinajstić information content (AvgIpc) is 2.76. The van der Waals surface area contributed by atoms with Gasteiger partial charge in [0, 0.05) is 34.0 Å². The third kappa shape index (κ3) is 3.63. The zero-order chi connectivity index (χ0) is 13.0. The van der Waals surface area contributed by atoms with Crippen molar-refractivity contribution in [3.05, 3.63) is 50.4 Å². The van der Waals surface area contributed by atoms with E-state index >= 15 is 0 Å². The maximum absolute atomic E-state index is 10.7. The number of nitrogens with one attached hydrogen (secondary N) is 1. The average molecular weight is 327 g/mol. The number of aromatic nitrogens is 1. The third-order valence-electron chi connectivity index (χ3n) is 2.30. The second-order valence-electron chi connectivity index (χ2n) is 3.68. The van der Waals surface area contributed by atoms with Crippen molar-refractivity contribution < 1.29 is 9.90 Å². The lowest BCUT2D eigenvalue weighted by Gasteiger charge is -2.03. The normalized spacial score (nSPS) is 10.5. The zero-order valence-corrected chi connectivity index (χ0v) is 11.8. The van der Waals surface area contributed by atoms with Crippen LogP contribution in [0, 0.1) is 0 Å². The summed E-state index contributed by atoms with van der Waals surface area (Å²) in [5, 5.41) is 14.0. The predicted molar refractivity (Wildman–Crippen MR) is 73.8 cm³/mol. The fourth-order valence-corrected chi connectivity index (χ4v) is 2.84. The van der Waals surface area contributed by atoms with Gasteiger partial charge in [0.2, 0.25) is 0 Å². The maximum Gasteiger partial charge on any atom is 0.337 e. The van der Waals surface area contributed by atoms with Crippen molar-refractivity contribution in [2.75, 3.05) is 0 Å². The Bertz CT molecular complexity index is 539. The van der Waals surface area contributed by atoms with Crippen LogP contribution in [-0.4, -0.2) is 16.1 Å². The molecule has 0 fully saturated rings. The van der Waals surface area contributed by atoms with Gasteiger partial charge in [-0.3, -0.25) is 4.98 Å². The molecule has 0 saturated heterocycles. The van der Waals surface area contributed by atoms with Crippen LogP contribution < -0.4 is 5.32 Å². The topological polar surface area (TPSA) is 62.2 Å². The van der Waals surface area contributed by atoms with Crippen molar-refractivity contribution in [3.8, 4) is 0 Å². The summed E-state index contributed by atoms with van der Waals surface area (Å²) in [4.78, 5) is 16.0. The molecule has 94 valence electrons. The monoisotopic (exact) mass is 326 g/mol. The summed E-state index contributed by atoms with van der Waals surface area (Å²) in [7, 11) is 0. The van der Waals surface area contributed by atoms with Gasteiger partial charge in [0.1, 0.15) is 0 Å². The van der Waals surface area contributed by atoms with E-state index in [0.717, 1.165) is 16.7 Å². The van der Waals surface area contributed by atoms with Crippen molar-refractivity contribution in [1.82, 2.24) is 10.3 Å². The number of aromatic carboxylic acids is 1. The smallest absolute Gasteiger partial charge is 0.337 e. The first-order valence-electron chi connectivity index (χ1n) is 5.27. The Kier molecular flexibility index (Phi) is 4.46. The van der Waals surface area contributed by atoms with E-state index in [1.807, 2.05) is 5.38 Å². The van der Waals surface area contributed by atoms with E-state index in [-0.39, 0.29) is 5.56 Å². The second kappa shape index (κ2) is 6.08. The predicted octanol–water partition coefficient (Wildman–Crippen LogP) is 2.89. The fraction of sp³-hybridized carbons (Fsp3) is 0.167. The first kappa shape index (κ1) is 13.2. The molecule has 0 bridgehead atoms. The number of hydrogen-bond donors (Lipinski definition) is 2. The molecule has 0 aliphatic heterocycles. The van der Waals surface area contributed by atoms with Gasteiger partial charge in [-0.2, -0.15) is 0 Å². The van der Waals surface area contributed by atoms with Gasteiger partial charge in [-0.1, -0.05) is 0 Å².